The number of pyridine rings is 1. The molecule has 2 heterocycles. The first-order valence-electron chi connectivity index (χ1n) is 5.57. The van der Waals surface area contributed by atoms with E-state index in [1.807, 2.05) is 0 Å². The number of rotatable bonds is 1. The first-order valence-corrected chi connectivity index (χ1v) is 6.37. The Morgan fingerprint density at radius 2 is 2.33 bits per heavy atom. The van der Waals surface area contributed by atoms with Gasteiger partial charge in [-0.1, -0.05) is 0 Å². The number of aromatic nitrogens is 1. The minimum Gasteiger partial charge on any atom is -0.391 e. The smallest absolute Gasteiger partial charge is 0.322 e. The van der Waals surface area contributed by atoms with Crippen molar-refractivity contribution in [1.29, 1.82) is 0 Å². The van der Waals surface area contributed by atoms with E-state index in [0.717, 1.165) is 0 Å². The molecule has 0 spiro atoms. The van der Waals surface area contributed by atoms with Gasteiger partial charge in [0.25, 0.3) is 5.56 Å². The van der Waals surface area contributed by atoms with Crippen LogP contribution < -0.4 is 10.9 Å². The number of anilines is 1. The molecule has 0 aromatic carbocycles. The molecule has 0 unspecified atom stereocenters. The van der Waals surface area contributed by atoms with Gasteiger partial charge in [0.1, 0.15) is 5.69 Å². The Morgan fingerprint density at radius 3 is 2.94 bits per heavy atom. The van der Waals surface area contributed by atoms with Gasteiger partial charge in [0.2, 0.25) is 0 Å². The van der Waals surface area contributed by atoms with Crippen molar-refractivity contribution in [3.05, 3.63) is 27.1 Å². The average Bonchev–Trinajstić information content (AvgIpc) is 2.72. The Bertz CT molecular complexity index is 529. The fourth-order valence-corrected chi connectivity index (χ4v) is 2.42. The monoisotopic (exact) mass is 315 g/mol. The molecule has 0 saturated carbocycles. The minimum atomic E-state index is -0.471. The zero-order chi connectivity index (χ0) is 13.3. The van der Waals surface area contributed by atoms with Crippen LogP contribution in [0, 0.1) is 0 Å². The molecule has 0 aliphatic carbocycles. The highest BCUT2D eigenvalue weighted by molar-refractivity contribution is 9.10. The molecular formula is C11H14BrN3O3. The van der Waals surface area contributed by atoms with Crippen LogP contribution in [-0.2, 0) is 7.05 Å². The molecule has 1 aliphatic heterocycles. The molecule has 6 nitrogen and oxygen atoms in total. The number of likely N-dealkylation sites (tertiary alicyclic amines) is 1. The summed E-state index contributed by atoms with van der Waals surface area (Å²) in [6.07, 6.45) is 1.72. The average molecular weight is 316 g/mol. The zero-order valence-electron chi connectivity index (χ0n) is 9.89. The van der Waals surface area contributed by atoms with Gasteiger partial charge in [-0.05, 0) is 28.4 Å². The SMILES string of the molecule is Cn1cc(Br)cc(NC(=O)N2CC[C@@H](O)C2)c1=O. The van der Waals surface area contributed by atoms with E-state index < -0.39 is 6.10 Å². The molecule has 2 rings (SSSR count). The first kappa shape index (κ1) is 13.1. The van der Waals surface area contributed by atoms with Gasteiger partial charge in [0.15, 0.2) is 0 Å². The molecule has 0 bridgehead atoms. The van der Waals surface area contributed by atoms with Crippen LogP contribution in [-0.4, -0.2) is 39.8 Å². The van der Waals surface area contributed by atoms with E-state index >= 15 is 0 Å². The quantitative estimate of drug-likeness (QED) is 0.803. The second-order valence-corrected chi connectivity index (χ2v) is 5.22. The molecular weight excluding hydrogens is 302 g/mol. The number of carbonyl (C=O) groups is 1. The molecule has 98 valence electrons. The summed E-state index contributed by atoms with van der Waals surface area (Å²) in [4.78, 5) is 25.2. The van der Waals surface area contributed by atoms with Crippen LogP contribution in [0.3, 0.4) is 0 Å². The van der Waals surface area contributed by atoms with Gasteiger partial charge >= 0.3 is 6.03 Å². The summed E-state index contributed by atoms with van der Waals surface area (Å²) < 4.78 is 2.10. The number of hydrogen-bond donors (Lipinski definition) is 2. The number of aliphatic hydroxyl groups is 1. The number of carbonyl (C=O) groups excluding carboxylic acids is 1. The molecule has 18 heavy (non-hydrogen) atoms. The van der Waals surface area contributed by atoms with Gasteiger partial charge in [-0.2, -0.15) is 0 Å². The van der Waals surface area contributed by atoms with Crippen molar-refractivity contribution in [2.24, 2.45) is 7.05 Å². The largest absolute Gasteiger partial charge is 0.391 e. The Kier molecular flexibility index (Phi) is 3.72. The molecule has 7 heteroatoms. The third kappa shape index (κ3) is 2.73. The summed E-state index contributed by atoms with van der Waals surface area (Å²) in [5, 5.41) is 11.9. The standard InChI is InChI=1S/C11H14BrN3O3/c1-14-5-7(12)4-9(10(14)17)13-11(18)15-3-2-8(16)6-15/h4-5,8,16H,2-3,6H2,1H3,(H,13,18)/t8-/m1/s1. The number of amides is 2. The fraction of sp³-hybridized carbons (Fsp3) is 0.455. The van der Waals surface area contributed by atoms with Crippen molar-refractivity contribution >= 4 is 27.6 Å². The molecule has 2 N–H and O–H groups in total. The summed E-state index contributed by atoms with van der Waals surface area (Å²) in [6, 6.07) is 1.20. The van der Waals surface area contributed by atoms with Gasteiger partial charge in [0.05, 0.1) is 6.10 Å². The lowest BCUT2D eigenvalue weighted by Gasteiger charge is -2.16. The Hall–Kier alpha value is -1.34. The van der Waals surface area contributed by atoms with Crippen LogP contribution >= 0.6 is 15.9 Å². The summed E-state index contributed by atoms with van der Waals surface area (Å²) in [6.45, 7) is 0.807. The number of aliphatic hydroxyl groups excluding tert-OH is 1. The Balaban J connectivity index is 2.14. The van der Waals surface area contributed by atoms with E-state index in [1.165, 1.54) is 9.47 Å². The number of β-amino-alcohol motifs (C(OH)–C–C–N with tert-alkyl or cyclic N) is 1. The van der Waals surface area contributed by atoms with Crippen LogP contribution in [0.5, 0.6) is 0 Å². The molecule has 1 aromatic rings. The number of aryl methyl sites for hydroxylation is 1. The summed E-state index contributed by atoms with van der Waals surface area (Å²) in [5.74, 6) is 0. The number of hydrogen-bond acceptors (Lipinski definition) is 3. The van der Waals surface area contributed by atoms with Crippen LogP contribution in [0.1, 0.15) is 6.42 Å². The third-order valence-corrected chi connectivity index (χ3v) is 3.28. The van der Waals surface area contributed by atoms with Crippen molar-refractivity contribution in [2.75, 3.05) is 18.4 Å². The van der Waals surface area contributed by atoms with Crippen LogP contribution in [0.2, 0.25) is 0 Å². The lowest BCUT2D eigenvalue weighted by Crippen LogP contribution is -2.35. The maximum atomic E-state index is 11.9. The zero-order valence-corrected chi connectivity index (χ0v) is 11.5. The van der Waals surface area contributed by atoms with Crippen LogP contribution in [0.4, 0.5) is 10.5 Å². The van der Waals surface area contributed by atoms with Gasteiger partial charge in [-0.3, -0.25) is 4.79 Å². The molecule has 1 aromatic heterocycles. The van der Waals surface area contributed by atoms with Crippen molar-refractivity contribution in [2.45, 2.75) is 12.5 Å². The number of nitrogens with zero attached hydrogens (tertiary/aromatic N) is 2. The van der Waals surface area contributed by atoms with Crippen molar-refractivity contribution < 1.29 is 9.90 Å². The van der Waals surface area contributed by atoms with E-state index in [-0.39, 0.29) is 17.3 Å². The van der Waals surface area contributed by atoms with Gasteiger partial charge in [0, 0.05) is 30.8 Å². The van der Waals surface area contributed by atoms with E-state index in [9.17, 15) is 14.7 Å². The summed E-state index contributed by atoms with van der Waals surface area (Å²) in [7, 11) is 1.61. The van der Waals surface area contributed by atoms with Gasteiger partial charge < -0.3 is 19.9 Å². The van der Waals surface area contributed by atoms with Crippen molar-refractivity contribution in [3.63, 3.8) is 0 Å². The first-order chi connectivity index (χ1) is 8.47. The van der Waals surface area contributed by atoms with E-state index in [2.05, 4.69) is 21.2 Å². The van der Waals surface area contributed by atoms with Crippen molar-refractivity contribution in [3.8, 4) is 0 Å². The number of halogens is 1. The van der Waals surface area contributed by atoms with Crippen molar-refractivity contribution in [1.82, 2.24) is 9.47 Å². The van der Waals surface area contributed by atoms with E-state index in [1.54, 1.807) is 19.3 Å². The van der Waals surface area contributed by atoms with Crippen LogP contribution in [0.25, 0.3) is 0 Å². The molecule has 1 atom stereocenters. The Morgan fingerprint density at radius 1 is 1.61 bits per heavy atom. The lowest BCUT2D eigenvalue weighted by molar-refractivity contribution is 0.176. The molecule has 1 aliphatic rings. The van der Waals surface area contributed by atoms with Gasteiger partial charge in [-0.25, -0.2) is 4.79 Å². The number of urea groups is 1. The highest BCUT2D eigenvalue weighted by Crippen LogP contribution is 2.14. The third-order valence-electron chi connectivity index (χ3n) is 2.84. The predicted octanol–water partition coefficient (Wildman–Crippen LogP) is 0.746. The fourth-order valence-electron chi connectivity index (χ4n) is 1.88. The topological polar surface area (TPSA) is 74.6 Å². The predicted molar refractivity (Wildman–Crippen MR) is 70.6 cm³/mol. The normalized spacial score (nSPS) is 19.1. The highest BCUT2D eigenvalue weighted by atomic mass is 79.9. The Labute approximate surface area is 112 Å². The summed E-state index contributed by atoms with van der Waals surface area (Å²) in [5.41, 5.74) is -0.0513. The second-order valence-electron chi connectivity index (χ2n) is 4.31. The maximum Gasteiger partial charge on any atom is 0.322 e. The minimum absolute atomic E-state index is 0.221. The molecule has 0 radical (unpaired) electrons. The summed E-state index contributed by atoms with van der Waals surface area (Å²) >= 11 is 3.27. The van der Waals surface area contributed by atoms with Gasteiger partial charge in [-0.15, -0.1) is 0 Å². The second kappa shape index (κ2) is 5.11. The number of nitrogens with one attached hydrogen (secondary N) is 1. The molecule has 1 saturated heterocycles. The van der Waals surface area contributed by atoms with E-state index in [4.69, 9.17) is 0 Å². The highest BCUT2D eigenvalue weighted by Gasteiger charge is 2.25. The van der Waals surface area contributed by atoms with E-state index in [0.29, 0.717) is 24.0 Å². The lowest BCUT2D eigenvalue weighted by atomic mass is 10.3. The maximum absolute atomic E-state index is 11.9. The molecule has 1 fully saturated rings. The van der Waals surface area contributed by atoms with Crippen LogP contribution in [0.15, 0.2) is 21.5 Å². The molecule has 2 amide bonds.